The minimum absolute atomic E-state index is 0.00403. The second-order valence-electron chi connectivity index (χ2n) is 3.10. The van der Waals surface area contributed by atoms with Crippen LogP contribution in [0.1, 0.15) is 39.4 Å². The number of nitriles is 1. The lowest BCUT2D eigenvalue weighted by Crippen LogP contribution is -2.12. The van der Waals surface area contributed by atoms with Crippen LogP contribution < -0.4 is 5.73 Å². The third kappa shape index (κ3) is 2.60. The molecule has 0 aliphatic heterocycles. The first-order valence-electron chi connectivity index (χ1n) is 5.23. The van der Waals surface area contributed by atoms with Crippen molar-refractivity contribution in [2.24, 2.45) is 0 Å². The lowest BCUT2D eigenvalue weighted by Gasteiger charge is -2.03. The first kappa shape index (κ1) is 14.0. The number of carbonyl (C=O) groups excluding carboxylic acids is 2. The normalized spacial score (nSPS) is 9.61. The van der Waals surface area contributed by atoms with Gasteiger partial charge in [-0.05, 0) is 13.8 Å². The van der Waals surface area contributed by atoms with Gasteiger partial charge in [-0.1, -0.05) is 0 Å². The Hall–Kier alpha value is -2.07. The highest BCUT2D eigenvalue weighted by Crippen LogP contribution is 2.31. The smallest absolute Gasteiger partial charge is 0.349 e. The Morgan fingerprint density at radius 1 is 1.28 bits per heavy atom. The van der Waals surface area contributed by atoms with Crippen LogP contribution in [-0.4, -0.2) is 25.2 Å². The predicted octanol–water partition coefficient (Wildman–Crippen LogP) is 1.56. The number of nitrogens with two attached hydrogens (primary N) is 1. The molecule has 2 N–H and O–H groups in total. The van der Waals surface area contributed by atoms with Gasteiger partial charge in [0.15, 0.2) is 0 Å². The van der Waals surface area contributed by atoms with E-state index in [1.54, 1.807) is 19.9 Å². The molecule has 1 heterocycles. The van der Waals surface area contributed by atoms with E-state index in [-0.39, 0.29) is 34.2 Å². The minimum Gasteiger partial charge on any atom is -0.462 e. The molecule has 1 aromatic rings. The van der Waals surface area contributed by atoms with Crippen molar-refractivity contribution in [1.29, 1.82) is 5.26 Å². The van der Waals surface area contributed by atoms with Crippen molar-refractivity contribution >= 4 is 28.3 Å². The molecule has 0 unspecified atom stereocenters. The molecule has 96 valence electrons. The van der Waals surface area contributed by atoms with Gasteiger partial charge in [-0.15, -0.1) is 11.3 Å². The van der Waals surface area contributed by atoms with Gasteiger partial charge < -0.3 is 15.2 Å². The van der Waals surface area contributed by atoms with Gasteiger partial charge in [-0.25, -0.2) is 9.59 Å². The second-order valence-corrected chi connectivity index (χ2v) is 4.15. The molecule has 0 atom stereocenters. The molecule has 6 nitrogen and oxygen atoms in total. The van der Waals surface area contributed by atoms with E-state index < -0.39 is 11.9 Å². The van der Waals surface area contributed by atoms with Gasteiger partial charge in [0.25, 0.3) is 0 Å². The molecule has 1 aromatic heterocycles. The zero-order valence-electron chi connectivity index (χ0n) is 9.98. The Bertz CT molecular complexity index is 516. The summed E-state index contributed by atoms with van der Waals surface area (Å²) in [6.07, 6.45) is 0. The number of hydrogen-bond acceptors (Lipinski definition) is 7. The zero-order valence-corrected chi connectivity index (χ0v) is 10.8. The van der Waals surface area contributed by atoms with Crippen molar-refractivity contribution in [1.82, 2.24) is 0 Å². The molecule has 0 amide bonds. The fourth-order valence-electron chi connectivity index (χ4n) is 1.30. The molecule has 18 heavy (non-hydrogen) atoms. The Kier molecular flexibility index (Phi) is 4.68. The zero-order chi connectivity index (χ0) is 13.7. The SMILES string of the molecule is CCOC(=O)c1sc(N)c(C#N)c1C(=O)OCC. The average Bonchev–Trinajstić information content (AvgIpc) is 2.66. The van der Waals surface area contributed by atoms with Crippen molar-refractivity contribution < 1.29 is 19.1 Å². The number of ether oxygens (including phenoxy) is 2. The van der Waals surface area contributed by atoms with E-state index in [4.69, 9.17) is 20.5 Å². The quantitative estimate of drug-likeness (QED) is 0.831. The molecule has 0 aliphatic rings. The summed E-state index contributed by atoms with van der Waals surface area (Å²) in [6.45, 7) is 3.58. The van der Waals surface area contributed by atoms with Gasteiger partial charge in [0.2, 0.25) is 0 Å². The van der Waals surface area contributed by atoms with E-state index in [2.05, 4.69) is 0 Å². The summed E-state index contributed by atoms with van der Waals surface area (Å²) in [4.78, 5) is 23.4. The average molecular weight is 268 g/mol. The summed E-state index contributed by atoms with van der Waals surface area (Å²) in [5.74, 6) is -1.43. The molecule has 0 bridgehead atoms. The fourth-order valence-corrected chi connectivity index (χ4v) is 2.20. The van der Waals surface area contributed by atoms with E-state index >= 15 is 0 Å². The Morgan fingerprint density at radius 2 is 1.83 bits per heavy atom. The van der Waals surface area contributed by atoms with Crippen molar-refractivity contribution in [3.63, 3.8) is 0 Å². The van der Waals surface area contributed by atoms with Gasteiger partial charge in [0, 0.05) is 0 Å². The topological polar surface area (TPSA) is 102 Å². The number of thiophene rings is 1. The Morgan fingerprint density at radius 3 is 2.33 bits per heavy atom. The lowest BCUT2D eigenvalue weighted by atomic mass is 10.1. The maximum atomic E-state index is 11.7. The number of carbonyl (C=O) groups is 2. The first-order chi connectivity index (χ1) is 8.56. The summed E-state index contributed by atoms with van der Waals surface area (Å²) >= 11 is 0.848. The summed E-state index contributed by atoms with van der Waals surface area (Å²) < 4.78 is 9.61. The van der Waals surface area contributed by atoms with Gasteiger partial charge in [0.05, 0.1) is 13.2 Å². The second kappa shape index (κ2) is 6.02. The van der Waals surface area contributed by atoms with Crippen molar-refractivity contribution in [3.05, 3.63) is 16.0 Å². The largest absolute Gasteiger partial charge is 0.462 e. The number of anilines is 1. The van der Waals surface area contributed by atoms with Crippen LogP contribution in [-0.2, 0) is 9.47 Å². The van der Waals surface area contributed by atoms with E-state index in [1.165, 1.54) is 0 Å². The number of nitrogen functional groups attached to an aromatic ring is 1. The van der Waals surface area contributed by atoms with Crippen LogP contribution in [0.15, 0.2) is 0 Å². The van der Waals surface area contributed by atoms with Crippen molar-refractivity contribution in [2.45, 2.75) is 13.8 Å². The highest BCUT2D eigenvalue weighted by atomic mass is 32.1. The summed E-state index contributed by atoms with van der Waals surface area (Å²) in [5.41, 5.74) is 5.45. The predicted molar refractivity (Wildman–Crippen MR) is 65.4 cm³/mol. The number of hydrogen-bond donors (Lipinski definition) is 1. The fraction of sp³-hybridized carbons (Fsp3) is 0.364. The molecular formula is C11H12N2O4S. The van der Waals surface area contributed by atoms with E-state index in [0.717, 1.165) is 11.3 Å². The third-order valence-corrected chi connectivity index (χ3v) is 2.99. The number of esters is 2. The molecule has 0 radical (unpaired) electrons. The summed E-state index contributed by atoms with van der Waals surface area (Å²) in [7, 11) is 0. The minimum atomic E-state index is -0.745. The maximum absolute atomic E-state index is 11.7. The molecule has 0 aliphatic carbocycles. The number of rotatable bonds is 4. The van der Waals surface area contributed by atoms with Crippen molar-refractivity contribution in [2.75, 3.05) is 18.9 Å². The lowest BCUT2D eigenvalue weighted by molar-refractivity contribution is 0.0483. The monoisotopic (exact) mass is 268 g/mol. The molecule has 7 heteroatoms. The van der Waals surface area contributed by atoms with Crippen LogP contribution in [0.5, 0.6) is 0 Å². The molecule has 0 fully saturated rings. The Balaban J connectivity index is 3.31. The van der Waals surface area contributed by atoms with E-state index in [1.807, 2.05) is 0 Å². The highest BCUT2D eigenvalue weighted by molar-refractivity contribution is 7.18. The molecule has 0 aromatic carbocycles. The van der Waals surface area contributed by atoms with Crippen LogP contribution in [0.2, 0.25) is 0 Å². The van der Waals surface area contributed by atoms with Crippen LogP contribution in [0.25, 0.3) is 0 Å². The van der Waals surface area contributed by atoms with Crippen LogP contribution in [0, 0.1) is 11.3 Å². The molecule has 0 saturated heterocycles. The van der Waals surface area contributed by atoms with Gasteiger partial charge in [-0.3, -0.25) is 0 Å². The van der Waals surface area contributed by atoms with E-state index in [9.17, 15) is 9.59 Å². The van der Waals surface area contributed by atoms with Crippen LogP contribution in [0.3, 0.4) is 0 Å². The molecular weight excluding hydrogens is 256 g/mol. The number of nitrogens with zero attached hydrogens (tertiary/aromatic N) is 1. The van der Waals surface area contributed by atoms with Crippen molar-refractivity contribution in [3.8, 4) is 6.07 Å². The van der Waals surface area contributed by atoms with Gasteiger partial charge >= 0.3 is 11.9 Å². The van der Waals surface area contributed by atoms with Gasteiger partial charge in [-0.2, -0.15) is 5.26 Å². The molecule has 1 rings (SSSR count). The van der Waals surface area contributed by atoms with Crippen LogP contribution >= 0.6 is 11.3 Å². The standard InChI is InChI=1S/C11H12N2O4S/c1-3-16-10(14)7-6(5-12)9(13)18-8(7)11(15)17-4-2/h3-4,13H2,1-2H3. The van der Waals surface area contributed by atoms with Crippen LogP contribution in [0.4, 0.5) is 5.00 Å². The van der Waals surface area contributed by atoms with Gasteiger partial charge in [0.1, 0.15) is 27.1 Å². The Labute approximate surface area is 108 Å². The first-order valence-corrected chi connectivity index (χ1v) is 6.05. The summed E-state index contributed by atoms with van der Waals surface area (Å²) in [6, 6.07) is 1.80. The maximum Gasteiger partial charge on any atom is 0.349 e. The molecule has 0 saturated carbocycles. The molecule has 0 spiro atoms. The highest BCUT2D eigenvalue weighted by Gasteiger charge is 2.28. The summed E-state index contributed by atoms with van der Waals surface area (Å²) in [5, 5.41) is 9.06. The van der Waals surface area contributed by atoms with E-state index in [0.29, 0.717) is 0 Å². The third-order valence-electron chi connectivity index (χ3n) is 1.99.